The summed E-state index contributed by atoms with van der Waals surface area (Å²) in [5, 5.41) is 10.4. The molecule has 7 nitrogen and oxygen atoms in total. The molecule has 0 bridgehead atoms. The summed E-state index contributed by atoms with van der Waals surface area (Å²) < 4.78 is 7.45. The number of hydrogen-bond acceptors (Lipinski definition) is 6. The van der Waals surface area contributed by atoms with Crippen molar-refractivity contribution in [3.63, 3.8) is 0 Å². The Morgan fingerprint density at radius 3 is 2.62 bits per heavy atom. The molecule has 0 spiro atoms. The molecule has 0 saturated carbocycles. The van der Waals surface area contributed by atoms with Crippen LogP contribution < -0.4 is 0 Å². The molecule has 7 heteroatoms. The first kappa shape index (κ1) is 17.8. The average Bonchev–Trinajstić information content (AvgIpc) is 2.96. The van der Waals surface area contributed by atoms with Gasteiger partial charge in [0.2, 0.25) is 0 Å². The van der Waals surface area contributed by atoms with Gasteiger partial charge in [0.1, 0.15) is 5.82 Å². The molecule has 0 aromatic carbocycles. The minimum absolute atomic E-state index is 0.281. The molecular weight excluding hydrogens is 306 g/mol. The maximum Gasteiger partial charge on any atom is 0.122 e. The van der Waals surface area contributed by atoms with Crippen molar-refractivity contribution in [2.45, 2.75) is 25.6 Å². The molecule has 2 atom stereocenters. The van der Waals surface area contributed by atoms with Crippen molar-refractivity contribution in [3.8, 4) is 0 Å². The van der Waals surface area contributed by atoms with Crippen LogP contribution >= 0.6 is 0 Å². The van der Waals surface area contributed by atoms with Crippen LogP contribution in [0.15, 0.2) is 12.4 Å². The van der Waals surface area contributed by atoms with Crippen LogP contribution in [0.5, 0.6) is 0 Å². The summed E-state index contributed by atoms with van der Waals surface area (Å²) in [5.41, 5.74) is 0. The van der Waals surface area contributed by atoms with Crippen LogP contribution in [0.1, 0.15) is 12.7 Å². The highest BCUT2D eigenvalue weighted by atomic mass is 16.5. The lowest BCUT2D eigenvalue weighted by Gasteiger charge is -2.40. The Bertz CT molecular complexity index is 503. The van der Waals surface area contributed by atoms with Crippen molar-refractivity contribution in [2.75, 3.05) is 59.0 Å². The zero-order chi connectivity index (χ0) is 16.9. The van der Waals surface area contributed by atoms with Crippen LogP contribution in [0.4, 0.5) is 0 Å². The van der Waals surface area contributed by atoms with Crippen molar-refractivity contribution in [3.05, 3.63) is 18.2 Å². The van der Waals surface area contributed by atoms with Crippen molar-refractivity contribution < 1.29 is 9.84 Å². The Kier molecular flexibility index (Phi) is 6.24. The maximum atomic E-state index is 10.4. The van der Waals surface area contributed by atoms with Crippen molar-refractivity contribution in [2.24, 2.45) is 7.05 Å². The number of aromatic nitrogens is 2. The molecule has 136 valence electrons. The van der Waals surface area contributed by atoms with E-state index in [-0.39, 0.29) is 6.10 Å². The molecule has 1 N–H and O–H groups in total. The fraction of sp³-hybridized carbons (Fsp3) is 0.824. The summed E-state index contributed by atoms with van der Waals surface area (Å²) in [5.74, 6) is 1.11. The Balaban J connectivity index is 1.42. The van der Waals surface area contributed by atoms with E-state index in [1.807, 2.05) is 19.4 Å². The number of aliphatic hydroxyl groups is 1. The second-order valence-corrected chi connectivity index (χ2v) is 7.10. The van der Waals surface area contributed by atoms with Crippen LogP contribution in [0.2, 0.25) is 0 Å². The normalized spacial score (nSPS) is 25.9. The number of β-amino-alcohol motifs (C(OH)–C–C–N with tert-alkyl or cyclic N) is 1. The van der Waals surface area contributed by atoms with E-state index in [0.717, 1.165) is 71.4 Å². The third-order valence-corrected chi connectivity index (χ3v) is 5.16. The Hall–Kier alpha value is -0.990. The van der Waals surface area contributed by atoms with Crippen molar-refractivity contribution in [1.82, 2.24) is 24.3 Å². The second kappa shape index (κ2) is 8.40. The maximum absolute atomic E-state index is 10.4. The smallest absolute Gasteiger partial charge is 0.122 e. The highest BCUT2D eigenvalue weighted by Gasteiger charge is 2.26. The van der Waals surface area contributed by atoms with Crippen LogP contribution in [0, 0.1) is 0 Å². The lowest BCUT2D eigenvalue weighted by Crippen LogP contribution is -2.54. The molecule has 24 heavy (non-hydrogen) atoms. The average molecular weight is 337 g/mol. The minimum atomic E-state index is -0.281. The zero-order valence-electron chi connectivity index (χ0n) is 15.0. The van der Waals surface area contributed by atoms with Gasteiger partial charge in [-0.1, -0.05) is 0 Å². The van der Waals surface area contributed by atoms with Gasteiger partial charge in [0.25, 0.3) is 0 Å². The monoisotopic (exact) mass is 337 g/mol. The van der Waals surface area contributed by atoms with Crippen LogP contribution in [0.25, 0.3) is 0 Å². The van der Waals surface area contributed by atoms with Gasteiger partial charge in [0, 0.05) is 71.3 Å². The molecule has 0 radical (unpaired) electrons. The van der Waals surface area contributed by atoms with Crippen LogP contribution in [0.3, 0.4) is 0 Å². The number of imidazole rings is 1. The Morgan fingerprint density at radius 1 is 1.21 bits per heavy atom. The molecule has 3 rings (SSSR count). The predicted molar refractivity (Wildman–Crippen MR) is 92.8 cm³/mol. The second-order valence-electron chi connectivity index (χ2n) is 7.10. The number of piperazine rings is 1. The summed E-state index contributed by atoms with van der Waals surface area (Å²) in [7, 11) is 2.05. The summed E-state index contributed by atoms with van der Waals surface area (Å²) in [6.07, 6.45) is 3.58. The minimum Gasteiger partial charge on any atom is -0.390 e. The van der Waals surface area contributed by atoms with Gasteiger partial charge < -0.3 is 14.4 Å². The lowest BCUT2D eigenvalue weighted by molar-refractivity contribution is -0.00330. The largest absolute Gasteiger partial charge is 0.390 e. The van der Waals surface area contributed by atoms with E-state index in [1.165, 1.54) is 0 Å². The quantitative estimate of drug-likeness (QED) is 0.764. The Morgan fingerprint density at radius 2 is 1.96 bits per heavy atom. The van der Waals surface area contributed by atoms with Crippen molar-refractivity contribution >= 4 is 0 Å². The van der Waals surface area contributed by atoms with Gasteiger partial charge in [0.15, 0.2) is 0 Å². The predicted octanol–water partition coefficient (Wildman–Crippen LogP) is -0.381. The van der Waals surface area contributed by atoms with E-state index in [2.05, 4.69) is 31.2 Å². The molecule has 2 saturated heterocycles. The van der Waals surface area contributed by atoms with Gasteiger partial charge in [0.05, 0.1) is 25.9 Å². The summed E-state index contributed by atoms with van der Waals surface area (Å²) in [6, 6.07) is 0.478. The first-order chi connectivity index (χ1) is 11.6. The van der Waals surface area contributed by atoms with Gasteiger partial charge in [-0.3, -0.25) is 14.7 Å². The highest BCUT2D eigenvalue weighted by Crippen LogP contribution is 2.13. The molecule has 0 aliphatic carbocycles. The molecule has 1 aromatic rings. The van der Waals surface area contributed by atoms with E-state index in [0.29, 0.717) is 6.04 Å². The van der Waals surface area contributed by atoms with Gasteiger partial charge in [-0.05, 0) is 6.92 Å². The molecule has 1 aromatic heterocycles. The van der Waals surface area contributed by atoms with Gasteiger partial charge >= 0.3 is 0 Å². The summed E-state index contributed by atoms with van der Waals surface area (Å²) in [4.78, 5) is 11.6. The third-order valence-electron chi connectivity index (χ3n) is 5.16. The molecule has 0 unspecified atom stereocenters. The number of nitrogens with zero attached hydrogens (tertiary/aromatic N) is 5. The first-order valence-electron chi connectivity index (χ1n) is 9.02. The summed E-state index contributed by atoms with van der Waals surface area (Å²) in [6.45, 7) is 11.2. The highest BCUT2D eigenvalue weighted by molar-refractivity contribution is 4.93. The molecule has 2 fully saturated rings. The van der Waals surface area contributed by atoms with Crippen LogP contribution in [-0.2, 0) is 18.3 Å². The number of ether oxygens (including phenoxy) is 1. The number of hydrogen-bond donors (Lipinski definition) is 1. The van der Waals surface area contributed by atoms with Gasteiger partial charge in [-0.15, -0.1) is 0 Å². The molecule has 3 heterocycles. The van der Waals surface area contributed by atoms with E-state index in [9.17, 15) is 5.11 Å². The molecule has 2 aliphatic rings. The topological polar surface area (TPSA) is 57.0 Å². The Labute approximate surface area is 144 Å². The van der Waals surface area contributed by atoms with E-state index in [1.54, 1.807) is 0 Å². The van der Waals surface area contributed by atoms with Crippen LogP contribution in [-0.4, -0.2) is 101 Å². The number of rotatable bonds is 6. The third kappa shape index (κ3) is 4.77. The summed E-state index contributed by atoms with van der Waals surface area (Å²) >= 11 is 0. The van der Waals surface area contributed by atoms with Gasteiger partial charge in [-0.25, -0.2) is 4.98 Å². The van der Waals surface area contributed by atoms with E-state index >= 15 is 0 Å². The SMILES string of the molecule is C[C@@H]1CN(C[C@H](O)CN2CCOCC2)CCN1Cc1nccn1C. The molecular formula is C17H31N5O2. The first-order valence-corrected chi connectivity index (χ1v) is 9.02. The van der Waals surface area contributed by atoms with Crippen molar-refractivity contribution in [1.29, 1.82) is 0 Å². The number of morpholine rings is 1. The number of aliphatic hydroxyl groups excluding tert-OH is 1. The number of aryl methyl sites for hydroxylation is 1. The molecule has 2 aliphatic heterocycles. The van der Waals surface area contributed by atoms with E-state index < -0.39 is 0 Å². The zero-order valence-corrected chi connectivity index (χ0v) is 15.0. The fourth-order valence-electron chi connectivity index (χ4n) is 3.64. The van der Waals surface area contributed by atoms with E-state index in [4.69, 9.17) is 4.74 Å². The standard InChI is InChI=1S/C17H31N5O2/c1-15-11-21(13-16(23)12-20-7-9-24-10-8-20)5-6-22(15)14-17-18-3-4-19(17)2/h3-4,15-16,23H,5-14H2,1-2H3/t15-,16-/m1/s1. The lowest BCUT2D eigenvalue weighted by atomic mass is 10.1. The fourth-order valence-corrected chi connectivity index (χ4v) is 3.64. The van der Waals surface area contributed by atoms with Gasteiger partial charge in [-0.2, -0.15) is 0 Å². The molecule has 0 amide bonds.